The number of nitrogens with zero attached hydrogens (tertiary/aromatic N) is 4. The molecule has 7 nitrogen and oxygen atoms in total. The standard InChI is InChI=1S/C18H25N5O2S/c1-22-17(23-7-10-24-11-8-23)20-16(21-22)14-12-13-2-9-25-18(15(13)26-14)3-5-19-6-4-18/h12,19H,2-11H2,1H3. The molecule has 0 aromatic carbocycles. The molecule has 0 saturated carbocycles. The zero-order valence-corrected chi connectivity index (χ0v) is 16.0. The van der Waals surface area contributed by atoms with Gasteiger partial charge in [-0.2, -0.15) is 4.98 Å². The summed E-state index contributed by atoms with van der Waals surface area (Å²) in [6.45, 7) is 6.11. The predicted molar refractivity (Wildman–Crippen MR) is 101 cm³/mol. The molecule has 3 aliphatic rings. The molecule has 0 bridgehead atoms. The number of morpholine rings is 1. The van der Waals surface area contributed by atoms with E-state index in [4.69, 9.17) is 19.6 Å². The summed E-state index contributed by atoms with van der Waals surface area (Å²) < 4.78 is 13.7. The maximum Gasteiger partial charge on any atom is 0.224 e. The number of aryl methyl sites for hydroxylation is 1. The van der Waals surface area contributed by atoms with Gasteiger partial charge in [0.2, 0.25) is 5.95 Å². The van der Waals surface area contributed by atoms with Gasteiger partial charge in [0.1, 0.15) is 5.60 Å². The second kappa shape index (κ2) is 6.60. The summed E-state index contributed by atoms with van der Waals surface area (Å²) in [4.78, 5) is 9.68. The van der Waals surface area contributed by atoms with Crippen LogP contribution < -0.4 is 10.2 Å². The molecule has 0 atom stereocenters. The summed E-state index contributed by atoms with van der Waals surface area (Å²) in [5.74, 6) is 1.76. The third-order valence-electron chi connectivity index (χ3n) is 5.64. The SMILES string of the molecule is Cn1nc(-c2cc3c(s2)C2(CCNCC2)OCC3)nc1N1CCOCC1. The summed E-state index contributed by atoms with van der Waals surface area (Å²) in [5, 5.41) is 8.17. The van der Waals surface area contributed by atoms with Crippen LogP contribution in [0.1, 0.15) is 23.3 Å². The van der Waals surface area contributed by atoms with Crippen molar-refractivity contribution in [2.45, 2.75) is 24.9 Å². The largest absolute Gasteiger partial charge is 0.378 e. The fourth-order valence-corrected chi connectivity index (χ4v) is 5.59. The van der Waals surface area contributed by atoms with E-state index in [9.17, 15) is 0 Å². The molecule has 0 radical (unpaired) electrons. The van der Waals surface area contributed by atoms with Gasteiger partial charge >= 0.3 is 0 Å². The molecule has 1 N–H and O–H groups in total. The van der Waals surface area contributed by atoms with Crippen molar-refractivity contribution in [3.63, 3.8) is 0 Å². The van der Waals surface area contributed by atoms with Crippen molar-refractivity contribution in [2.24, 2.45) is 7.05 Å². The molecule has 8 heteroatoms. The van der Waals surface area contributed by atoms with E-state index in [2.05, 4.69) is 16.3 Å². The number of thiophene rings is 1. The van der Waals surface area contributed by atoms with E-state index in [0.29, 0.717) is 0 Å². The topological polar surface area (TPSA) is 64.4 Å². The summed E-state index contributed by atoms with van der Waals surface area (Å²) in [6, 6.07) is 2.30. The fourth-order valence-electron chi connectivity index (χ4n) is 4.25. The van der Waals surface area contributed by atoms with Crippen LogP contribution >= 0.6 is 11.3 Å². The predicted octanol–water partition coefficient (Wildman–Crippen LogP) is 1.53. The van der Waals surface area contributed by atoms with Crippen molar-refractivity contribution in [3.8, 4) is 10.7 Å². The molecule has 140 valence electrons. The quantitative estimate of drug-likeness (QED) is 0.859. The number of piperidine rings is 1. The Morgan fingerprint density at radius 3 is 2.81 bits per heavy atom. The Hall–Kier alpha value is -1.48. The van der Waals surface area contributed by atoms with Crippen molar-refractivity contribution in [1.82, 2.24) is 20.1 Å². The van der Waals surface area contributed by atoms with E-state index < -0.39 is 0 Å². The number of ether oxygens (including phenoxy) is 2. The Morgan fingerprint density at radius 2 is 2.00 bits per heavy atom. The third kappa shape index (κ3) is 2.76. The van der Waals surface area contributed by atoms with Crippen LogP contribution in [0.15, 0.2) is 6.07 Å². The maximum absolute atomic E-state index is 6.31. The highest BCUT2D eigenvalue weighted by Crippen LogP contribution is 2.46. The van der Waals surface area contributed by atoms with E-state index in [1.165, 1.54) is 10.4 Å². The number of anilines is 1. The van der Waals surface area contributed by atoms with Gasteiger partial charge in [-0.3, -0.25) is 0 Å². The van der Waals surface area contributed by atoms with Crippen molar-refractivity contribution in [1.29, 1.82) is 0 Å². The Labute approximate surface area is 157 Å². The van der Waals surface area contributed by atoms with Crippen molar-refractivity contribution < 1.29 is 9.47 Å². The highest BCUT2D eigenvalue weighted by atomic mass is 32.1. The molecule has 0 amide bonds. The highest BCUT2D eigenvalue weighted by Gasteiger charge is 2.41. The first-order valence-electron chi connectivity index (χ1n) is 9.47. The van der Waals surface area contributed by atoms with Crippen LogP contribution in [0.2, 0.25) is 0 Å². The molecule has 26 heavy (non-hydrogen) atoms. The smallest absolute Gasteiger partial charge is 0.224 e. The first kappa shape index (κ1) is 16.7. The molecule has 2 aromatic heterocycles. The number of nitrogens with one attached hydrogen (secondary N) is 1. The van der Waals surface area contributed by atoms with Crippen LogP contribution in [0.5, 0.6) is 0 Å². The molecular formula is C18H25N5O2S. The maximum atomic E-state index is 6.31. The summed E-state index contributed by atoms with van der Waals surface area (Å²) in [7, 11) is 1.98. The Morgan fingerprint density at radius 1 is 1.19 bits per heavy atom. The molecule has 0 unspecified atom stereocenters. The van der Waals surface area contributed by atoms with E-state index in [-0.39, 0.29) is 5.60 Å². The molecule has 5 heterocycles. The van der Waals surface area contributed by atoms with Crippen LogP contribution in [0.4, 0.5) is 5.95 Å². The lowest BCUT2D eigenvalue weighted by molar-refractivity contribution is -0.0771. The van der Waals surface area contributed by atoms with Gasteiger partial charge in [-0.05, 0) is 44.0 Å². The minimum atomic E-state index is -0.0937. The Balaban J connectivity index is 1.48. The molecule has 5 rings (SSSR count). The second-order valence-corrected chi connectivity index (χ2v) is 8.32. The van der Waals surface area contributed by atoms with Crippen molar-refractivity contribution >= 4 is 17.3 Å². The normalized spacial score (nSPS) is 22.6. The van der Waals surface area contributed by atoms with Gasteiger partial charge in [-0.25, -0.2) is 4.68 Å². The molecule has 2 saturated heterocycles. The van der Waals surface area contributed by atoms with Crippen molar-refractivity contribution in [2.75, 3.05) is 50.9 Å². The van der Waals surface area contributed by atoms with Crippen LogP contribution in [-0.2, 0) is 28.5 Å². The zero-order chi connectivity index (χ0) is 17.6. The van der Waals surface area contributed by atoms with Gasteiger partial charge in [0, 0.05) is 25.0 Å². The van der Waals surface area contributed by atoms with Crippen LogP contribution in [0.3, 0.4) is 0 Å². The molecule has 2 aromatic rings. The number of hydrogen-bond donors (Lipinski definition) is 1. The number of rotatable bonds is 2. The lowest BCUT2D eigenvalue weighted by Gasteiger charge is -2.40. The first-order valence-corrected chi connectivity index (χ1v) is 10.3. The van der Waals surface area contributed by atoms with E-state index in [1.54, 1.807) is 0 Å². The number of aromatic nitrogens is 3. The first-order chi connectivity index (χ1) is 12.8. The van der Waals surface area contributed by atoms with E-state index >= 15 is 0 Å². The number of fused-ring (bicyclic) bond motifs is 2. The van der Waals surface area contributed by atoms with Crippen LogP contribution in [0, 0.1) is 0 Å². The Kier molecular flexibility index (Phi) is 4.23. The van der Waals surface area contributed by atoms with Gasteiger partial charge in [-0.1, -0.05) is 0 Å². The third-order valence-corrected chi connectivity index (χ3v) is 7.00. The molecule has 0 aliphatic carbocycles. The monoisotopic (exact) mass is 375 g/mol. The van der Waals surface area contributed by atoms with Gasteiger partial charge < -0.3 is 19.7 Å². The lowest BCUT2D eigenvalue weighted by Crippen LogP contribution is -2.43. The molecule has 1 spiro atoms. The van der Waals surface area contributed by atoms with Gasteiger partial charge in [0.25, 0.3) is 0 Å². The molecular weight excluding hydrogens is 350 g/mol. The molecule has 3 aliphatic heterocycles. The van der Waals surface area contributed by atoms with Gasteiger partial charge in [0.05, 0.1) is 24.7 Å². The fraction of sp³-hybridized carbons (Fsp3) is 0.667. The van der Waals surface area contributed by atoms with Gasteiger partial charge in [0.15, 0.2) is 5.82 Å². The van der Waals surface area contributed by atoms with Gasteiger partial charge in [-0.15, -0.1) is 16.4 Å². The average Bonchev–Trinajstić information content (AvgIpc) is 3.28. The number of hydrogen-bond acceptors (Lipinski definition) is 7. The highest BCUT2D eigenvalue weighted by molar-refractivity contribution is 7.15. The molecule has 2 fully saturated rings. The lowest BCUT2D eigenvalue weighted by atomic mass is 9.86. The van der Waals surface area contributed by atoms with Crippen molar-refractivity contribution in [3.05, 3.63) is 16.5 Å². The minimum absolute atomic E-state index is 0.0937. The average molecular weight is 375 g/mol. The zero-order valence-electron chi connectivity index (χ0n) is 15.2. The summed E-state index contributed by atoms with van der Waals surface area (Å²) >= 11 is 1.83. The Bertz CT molecular complexity index is 790. The minimum Gasteiger partial charge on any atom is -0.378 e. The van der Waals surface area contributed by atoms with E-state index in [1.807, 2.05) is 23.1 Å². The van der Waals surface area contributed by atoms with E-state index in [0.717, 1.165) is 81.9 Å². The van der Waals surface area contributed by atoms with Crippen LogP contribution in [-0.4, -0.2) is 60.8 Å². The summed E-state index contributed by atoms with van der Waals surface area (Å²) in [6.07, 6.45) is 3.09. The second-order valence-electron chi connectivity index (χ2n) is 7.27. The van der Waals surface area contributed by atoms with Crippen LogP contribution in [0.25, 0.3) is 10.7 Å². The summed E-state index contributed by atoms with van der Waals surface area (Å²) in [5.41, 5.74) is 1.34.